The van der Waals surface area contributed by atoms with Crippen molar-refractivity contribution in [3.63, 3.8) is 0 Å². The molecule has 39 heavy (non-hydrogen) atoms. The summed E-state index contributed by atoms with van der Waals surface area (Å²) < 4.78 is 11.2. The van der Waals surface area contributed by atoms with E-state index in [1.807, 2.05) is 6.07 Å². The molecule has 4 nitrogen and oxygen atoms in total. The highest BCUT2D eigenvalue weighted by Gasteiger charge is 2.22. The quantitative estimate of drug-likeness (QED) is 0.238. The van der Waals surface area contributed by atoms with Crippen LogP contribution < -0.4 is 0 Å². The molecule has 0 atom stereocenters. The van der Waals surface area contributed by atoms with Gasteiger partial charge < -0.3 is 13.6 Å². The maximum atomic E-state index is 6.44. The zero-order valence-electron chi connectivity index (χ0n) is 20.9. The van der Waals surface area contributed by atoms with Gasteiger partial charge in [0, 0.05) is 38.5 Å². The van der Waals surface area contributed by atoms with E-state index >= 15 is 0 Å². The number of rotatable bonds is 2. The summed E-state index contributed by atoms with van der Waals surface area (Å²) in [4.78, 5) is 4.51. The molecule has 0 fully saturated rings. The van der Waals surface area contributed by atoms with Crippen LogP contribution in [0.25, 0.3) is 77.1 Å². The third kappa shape index (κ3) is 2.70. The monoisotopic (exact) mass is 499 g/mol. The lowest BCUT2D eigenvalue weighted by Gasteiger charge is -2.14. The molecule has 0 radical (unpaired) electrons. The van der Waals surface area contributed by atoms with Crippen LogP contribution in [0.4, 0.5) is 0 Å². The minimum absolute atomic E-state index is 0.656. The number of nitrogens with zero attached hydrogens (tertiary/aromatic N) is 3. The molecule has 0 aliphatic rings. The molecule has 182 valence electrons. The number of para-hydroxylation sites is 5. The van der Waals surface area contributed by atoms with Crippen LogP contribution in [0.2, 0.25) is 0 Å². The third-order valence-corrected chi connectivity index (χ3v) is 7.99. The molecule has 0 aliphatic carbocycles. The molecule has 0 spiro atoms. The molecule has 4 heteroatoms. The Morgan fingerprint density at radius 1 is 0.436 bits per heavy atom. The number of benzene rings is 5. The molecular weight excluding hydrogens is 478 g/mol. The van der Waals surface area contributed by atoms with Crippen molar-refractivity contribution in [1.29, 1.82) is 0 Å². The van der Waals surface area contributed by atoms with E-state index in [0.717, 1.165) is 38.8 Å². The molecule has 0 amide bonds. The normalized spacial score (nSPS) is 12.1. The fraction of sp³-hybridized carbons (Fsp3) is 0. The first kappa shape index (κ1) is 20.7. The first-order valence-corrected chi connectivity index (χ1v) is 13.2. The fourth-order valence-corrected chi connectivity index (χ4v) is 6.41. The second-order valence-corrected chi connectivity index (χ2v) is 10.0. The van der Waals surface area contributed by atoms with Crippen molar-refractivity contribution in [3.05, 3.63) is 128 Å². The van der Waals surface area contributed by atoms with Gasteiger partial charge in [-0.3, -0.25) is 0 Å². The van der Waals surface area contributed by atoms with Gasteiger partial charge in [-0.05, 0) is 42.5 Å². The molecule has 9 aromatic rings. The number of pyridine rings is 1. The lowest BCUT2D eigenvalue weighted by atomic mass is 10.1. The highest BCUT2D eigenvalue weighted by Crippen LogP contribution is 2.41. The fourth-order valence-electron chi connectivity index (χ4n) is 6.41. The van der Waals surface area contributed by atoms with E-state index < -0.39 is 0 Å². The number of fused-ring (bicyclic) bond motifs is 9. The van der Waals surface area contributed by atoms with Gasteiger partial charge in [0.15, 0.2) is 5.58 Å². The van der Waals surface area contributed by atoms with E-state index in [4.69, 9.17) is 4.42 Å². The predicted molar refractivity (Wildman–Crippen MR) is 160 cm³/mol. The molecule has 0 unspecified atom stereocenters. The van der Waals surface area contributed by atoms with Gasteiger partial charge in [0.05, 0.1) is 33.4 Å². The Morgan fingerprint density at radius 3 is 1.69 bits per heavy atom. The van der Waals surface area contributed by atoms with Crippen molar-refractivity contribution < 1.29 is 4.42 Å². The van der Waals surface area contributed by atoms with Crippen LogP contribution in [0.5, 0.6) is 0 Å². The molecule has 4 heterocycles. The van der Waals surface area contributed by atoms with Crippen LogP contribution in [0, 0.1) is 0 Å². The second kappa shape index (κ2) is 7.59. The predicted octanol–water partition coefficient (Wildman–Crippen LogP) is 9.18. The number of hydrogen-bond donors (Lipinski definition) is 0. The van der Waals surface area contributed by atoms with Gasteiger partial charge in [0.25, 0.3) is 0 Å². The van der Waals surface area contributed by atoms with Crippen LogP contribution in [-0.2, 0) is 0 Å². The molecule has 9 rings (SSSR count). The van der Waals surface area contributed by atoms with Gasteiger partial charge in [0.2, 0.25) is 5.71 Å². The molecule has 4 aromatic heterocycles. The minimum Gasteiger partial charge on any atom is -0.435 e. The van der Waals surface area contributed by atoms with Crippen LogP contribution >= 0.6 is 0 Å². The van der Waals surface area contributed by atoms with Crippen molar-refractivity contribution >= 4 is 65.7 Å². The smallest absolute Gasteiger partial charge is 0.227 e. The molecule has 0 N–H and O–H groups in total. The van der Waals surface area contributed by atoms with E-state index in [1.54, 1.807) is 6.20 Å². The number of furan rings is 1. The summed E-state index contributed by atoms with van der Waals surface area (Å²) in [5, 5.41) is 7.00. The van der Waals surface area contributed by atoms with Gasteiger partial charge in [-0.15, -0.1) is 0 Å². The lowest BCUT2D eigenvalue weighted by Crippen LogP contribution is -2.00. The summed E-state index contributed by atoms with van der Waals surface area (Å²) in [6.07, 6.45) is 1.78. The average Bonchev–Trinajstić information content (AvgIpc) is 3.65. The van der Waals surface area contributed by atoms with Gasteiger partial charge in [-0.1, -0.05) is 78.9 Å². The van der Waals surface area contributed by atoms with E-state index in [0.29, 0.717) is 5.71 Å². The summed E-state index contributed by atoms with van der Waals surface area (Å²) in [6, 6.07) is 43.0. The van der Waals surface area contributed by atoms with Crippen LogP contribution in [-0.4, -0.2) is 14.1 Å². The number of aromatic nitrogens is 3. The Morgan fingerprint density at radius 2 is 0.974 bits per heavy atom. The Bertz CT molecular complexity index is 2350. The number of hydrogen-bond acceptors (Lipinski definition) is 2. The minimum atomic E-state index is 0.656. The molecule has 0 saturated heterocycles. The largest absolute Gasteiger partial charge is 0.435 e. The zero-order valence-corrected chi connectivity index (χ0v) is 20.9. The van der Waals surface area contributed by atoms with Crippen molar-refractivity contribution in [2.45, 2.75) is 0 Å². The van der Waals surface area contributed by atoms with Crippen molar-refractivity contribution in [2.75, 3.05) is 0 Å². The molecule has 5 aromatic carbocycles. The second-order valence-electron chi connectivity index (χ2n) is 10.0. The molecule has 0 saturated carbocycles. The summed E-state index contributed by atoms with van der Waals surface area (Å²) in [7, 11) is 0. The standard InChI is InChI=1S/C35H21N3O/c1-4-16-28-22(10-1)23-11-2-5-17-29(23)37(28)31-19-7-13-25-24-12-3-6-18-30(24)38(33(25)31)32-20-8-14-26-27-15-9-21-36-35(27)39-34(26)32/h1-21H. The Hall–Kier alpha value is -5.35. The summed E-state index contributed by atoms with van der Waals surface area (Å²) in [5.74, 6) is 0. The van der Waals surface area contributed by atoms with E-state index in [9.17, 15) is 0 Å². The topological polar surface area (TPSA) is 35.9 Å². The van der Waals surface area contributed by atoms with Crippen molar-refractivity contribution in [3.8, 4) is 11.4 Å². The van der Waals surface area contributed by atoms with E-state index in [-0.39, 0.29) is 0 Å². The Labute approximate surface area is 222 Å². The van der Waals surface area contributed by atoms with Gasteiger partial charge in [-0.25, -0.2) is 4.98 Å². The average molecular weight is 500 g/mol. The molecule has 0 aliphatic heterocycles. The molecular formula is C35H21N3O. The van der Waals surface area contributed by atoms with Crippen LogP contribution in [0.1, 0.15) is 0 Å². The van der Waals surface area contributed by atoms with Crippen molar-refractivity contribution in [2.24, 2.45) is 0 Å². The van der Waals surface area contributed by atoms with E-state index in [2.05, 4.69) is 129 Å². The maximum absolute atomic E-state index is 6.44. The summed E-state index contributed by atoms with van der Waals surface area (Å²) in [5.41, 5.74) is 8.29. The van der Waals surface area contributed by atoms with Crippen LogP contribution in [0.3, 0.4) is 0 Å². The highest BCUT2D eigenvalue weighted by atomic mass is 16.3. The van der Waals surface area contributed by atoms with Crippen LogP contribution in [0.15, 0.2) is 132 Å². The third-order valence-electron chi connectivity index (χ3n) is 7.99. The van der Waals surface area contributed by atoms with Crippen molar-refractivity contribution in [1.82, 2.24) is 14.1 Å². The SMILES string of the molecule is c1cnc2oc3c(-n4c5ccccc5c5cccc(-n6c7ccccc7c7ccccc76)c54)cccc3c2c1. The van der Waals surface area contributed by atoms with E-state index in [1.165, 1.54) is 32.6 Å². The van der Waals surface area contributed by atoms with Gasteiger partial charge in [0.1, 0.15) is 0 Å². The first-order valence-electron chi connectivity index (χ1n) is 13.2. The van der Waals surface area contributed by atoms with Gasteiger partial charge in [-0.2, -0.15) is 0 Å². The maximum Gasteiger partial charge on any atom is 0.227 e. The highest BCUT2D eigenvalue weighted by molar-refractivity contribution is 6.16. The zero-order chi connectivity index (χ0) is 25.5. The summed E-state index contributed by atoms with van der Waals surface area (Å²) in [6.45, 7) is 0. The van der Waals surface area contributed by atoms with Gasteiger partial charge >= 0.3 is 0 Å². The molecule has 0 bridgehead atoms. The Kier molecular flexibility index (Phi) is 4.02. The lowest BCUT2D eigenvalue weighted by molar-refractivity contribution is 0.652. The summed E-state index contributed by atoms with van der Waals surface area (Å²) >= 11 is 0. The first-order chi connectivity index (χ1) is 19.4. The Balaban J connectivity index is 1.50.